The van der Waals surface area contributed by atoms with E-state index in [1.54, 1.807) is 6.92 Å². The minimum absolute atomic E-state index is 0.316. The van der Waals surface area contributed by atoms with Crippen LogP contribution in [0.15, 0.2) is 0 Å². The standard InChI is InChI=1S/C13H21ClO2S/c1-9(17(14,15)16)5-13-6-10-2-11(7-13)4-12(3-10)8-13/h9-12H,2-8H2,1H3. The summed E-state index contributed by atoms with van der Waals surface area (Å²) in [4.78, 5) is 0. The molecule has 0 aromatic heterocycles. The van der Waals surface area contributed by atoms with Crippen LogP contribution in [-0.2, 0) is 9.05 Å². The topological polar surface area (TPSA) is 34.1 Å². The Morgan fingerprint density at radius 3 is 1.88 bits per heavy atom. The fraction of sp³-hybridized carbons (Fsp3) is 1.00. The smallest absolute Gasteiger partial charge is 0.212 e. The summed E-state index contributed by atoms with van der Waals surface area (Å²) in [6.07, 6.45) is 8.79. The van der Waals surface area contributed by atoms with Gasteiger partial charge in [0.15, 0.2) is 0 Å². The summed E-state index contributed by atoms with van der Waals surface area (Å²) in [5.74, 6) is 2.64. The van der Waals surface area contributed by atoms with Crippen molar-refractivity contribution in [2.45, 2.75) is 57.1 Å². The van der Waals surface area contributed by atoms with E-state index in [9.17, 15) is 8.42 Å². The summed E-state index contributed by atoms with van der Waals surface area (Å²) in [7, 11) is 2.12. The quantitative estimate of drug-likeness (QED) is 0.739. The molecule has 0 aromatic carbocycles. The molecule has 2 nitrogen and oxygen atoms in total. The van der Waals surface area contributed by atoms with E-state index in [0.717, 1.165) is 24.2 Å². The van der Waals surface area contributed by atoms with Gasteiger partial charge in [0, 0.05) is 10.7 Å². The van der Waals surface area contributed by atoms with Gasteiger partial charge in [0.25, 0.3) is 0 Å². The number of hydrogen-bond donors (Lipinski definition) is 0. The molecule has 0 N–H and O–H groups in total. The largest absolute Gasteiger partial charge is 0.235 e. The lowest BCUT2D eigenvalue weighted by atomic mass is 9.48. The zero-order chi connectivity index (χ0) is 12.3. The summed E-state index contributed by atoms with van der Waals surface area (Å²) in [6, 6.07) is 0. The molecule has 4 bridgehead atoms. The van der Waals surface area contributed by atoms with E-state index in [0.29, 0.717) is 5.41 Å². The predicted molar refractivity (Wildman–Crippen MR) is 69.5 cm³/mol. The van der Waals surface area contributed by atoms with Crippen molar-refractivity contribution in [2.75, 3.05) is 0 Å². The third kappa shape index (κ3) is 2.25. The van der Waals surface area contributed by atoms with Crippen molar-refractivity contribution < 1.29 is 8.42 Å². The molecule has 1 atom stereocenters. The first-order valence-corrected chi connectivity index (χ1v) is 9.17. The molecule has 0 aromatic rings. The predicted octanol–water partition coefficient (Wildman–Crippen LogP) is 3.55. The molecule has 4 rings (SSSR count). The van der Waals surface area contributed by atoms with E-state index >= 15 is 0 Å². The highest BCUT2D eigenvalue weighted by atomic mass is 35.7. The second-order valence-electron chi connectivity index (χ2n) is 6.91. The van der Waals surface area contributed by atoms with Crippen LogP contribution in [0, 0.1) is 23.2 Å². The van der Waals surface area contributed by atoms with Crippen LogP contribution in [0.2, 0.25) is 0 Å². The highest BCUT2D eigenvalue weighted by Crippen LogP contribution is 2.61. The zero-order valence-corrected chi connectivity index (χ0v) is 11.9. The second kappa shape index (κ2) is 3.86. The Balaban J connectivity index is 1.78. The van der Waals surface area contributed by atoms with Gasteiger partial charge in [-0.3, -0.25) is 0 Å². The lowest BCUT2D eigenvalue weighted by Crippen LogP contribution is -2.47. The molecule has 4 heteroatoms. The number of rotatable bonds is 3. The summed E-state index contributed by atoms with van der Waals surface area (Å²) in [5, 5.41) is -0.375. The van der Waals surface area contributed by atoms with Crippen LogP contribution in [-0.4, -0.2) is 13.7 Å². The Morgan fingerprint density at radius 2 is 1.53 bits per heavy atom. The molecule has 1 unspecified atom stereocenters. The van der Waals surface area contributed by atoms with Gasteiger partial charge < -0.3 is 0 Å². The fourth-order valence-electron chi connectivity index (χ4n) is 5.25. The Bertz CT molecular complexity index is 380. The van der Waals surface area contributed by atoms with Gasteiger partial charge in [-0.05, 0) is 75.0 Å². The summed E-state index contributed by atoms with van der Waals surface area (Å²) in [5.41, 5.74) is 0.316. The SMILES string of the molecule is CC(CC12CC3CC(CC(C3)C1)C2)S(=O)(=O)Cl. The van der Waals surface area contributed by atoms with Gasteiger partial charge >= 0.3 is 0 Å². The van der Waals surface area contributed by atoms with Crippen LogP contribution in [0.1, 0.15) is 51.9 Å². The maximum Gasteiger partial charge on any atom is 0.235 e. The average Bonchev–Trinajstić information content (AvgIpc) is 2.12. The van der Waals surface area contributed by atoms with E-state index < -0.39 is 9.05 Å². The fourth-order valence-corrected chi connectivity index (χ4v) is 5.99. The third-order valence-corrected chi connectivity index (χ3v) is 7.41. The molecule has 4 saturated carbocycles. The first kappa shape index (κ1) is 12.3. The molecule has 0 amide bonds. The molecular weight excluding hydrogens is 256 g/mol. The van der Waals surface area contributed by atoms with Crippen molar-refractivity contribution in [2.24, 2.45) is 23.2 Å². The molecule has 0 radical (unpaired) electrons. The molecule has 4 aliphatic carbocycles. The Hall–Kier alpha value is 0.240. The molecule has 4 fully saturated rings. The van der Waals surface area contributed by atoms with Gasteiger partial charge in [-0.25, -0.2) is 8.42 Å². The van der Waals surface area contributed by atoms with Gasteiger partial charge in [0.05, 0.1) is 5.25 Å². The maximum atomic E-state index is 11.4. The van der Waals surface area contributed by atoms with Crippen molar-refractivity contribution in [3.05, 3.63) is 0 Å². The van der Waals surface area contributed by atoms with E-state index in [-0.39, 0.29) is 5.25 Å². The van der Waals surface area contributed by atoms with Crippen LogP contribution in [0.3, 0.4) is 0 Å². The Kier molecular flexibility index (Phi) is 2.79. The number of hydrogen-bond acceptors (Lipinski definition) is 2. The molecule has 98 valence electrons. The molecule has 17 heavy (non-hydrogen) atoms. The van der Waals surface area contributed by atoms with Crippen LogP contribution in [0.25, 0.3) is 0 Å². The van der Waals surface area contributed by atoms with Crippen molar-refractivity contribution in [1.82, 2.24) is 0 Å². The summed E-state index contributed by atoms with van der Waals surface area (Å²) < 4.78 is 22.8. The van der Waals surface area contributed by atoms with Crippen LogP contribution < -0.4 is 0 Å². The normalized spacial score (nSPS) is 46.1. The maximum absolute atomic E-state index is 11.4. The minimum atomic E-state index is -3.37. The molecule has 4 aliphatic rings. The van der Waals surface area contributed by atoms with Gasteiger partial charge in [-0.2, -0.15) is 0 Å². The van der Waals surface area contributed by atoms with Crippen molar-refractivity contribution >= 4 is 19.7 Å². The first-order chi connectivity index (χ1) is 7.86. The first-order valence-electron chi connectivity index (χ1n) is 6.80. The average molecular weight is 277 g/mol. The number of halogens is 1. The molecule has 0 aliphatic heterocycles. The van der Waals surface area contributed by atoms with E-state index in [1.165, 1.54) is 38.5 Å². The molecule has 0 heterocycles. The van der Waals surface area contributed by atoms with Crippen LogP contribution >= 0.6 is 10.7 Å². The van der Waals surface area contributed by atoms with Crippen molar-refractivity contribution in [1.29, 1.82) is 0 Å². The van der Waals surface area contributed by atoms with Gasteiger partial charge in [0.1, 0.15) is 0 Å². The Morgan fingerprint density at radius 1 is 1.12 bits per heavy atom. The van der Waals surface area contributed by atoms with Crippen LogP contribution in [0.5, 0.6) is 0 Å². The van der Waals surface area contributed by atoms with E-state index in [2.05, 4.69) is 0 Å². The third-order valence-electron chi connectivity index (χ3n) is 5.37. The van der Waals surface area contributed by atoms with E-state index in [4.69, 9.17) is 10.7 Å². The molecule has 0 spiro atoms. The lowest BCUT2D eigenvalue weighted by molar-refractivity contribution is -0.0569. The summed E-state index contributed by atoms with van der Waals surface area (Å²) in [6.45, 7) is 1.78. The lowest BCUT2D eigenvalue weighted by Gasteiger charge is -2.57. The zero-order valence-electron chi connectivity index (χ0n) is 10.4. The van der Waals surface area contributed by atoms with Crippen LogP contribution in [0.4, 0.5) is 0 Å². The minimum Gasteiger partial charge on any atom is -0.212 e. The highest BCUT2D eigenvalue weighted by molar-refractivity contribution is 8.14. The van der Waals surface area contributed by atoms with Crippen molar-refractivity contribution in [3.63, 3.8) is 0 Å². The van der Waals surface area contributed by atoms with Gasteiger partial charge in [-0.1, -0.05) is 0 Å². The highest BCUT2D eigenvalue weighted by Gasteiger charge is 2.51. The molecule has 0 saturated heterocycles. The Labute approximate surface area is 109 Å². The van der Waals surface area contributed by atoms with Gasteiger partial charge in [-0.15, -0.1) is 0 Å². The monoisotopic (exact) mass is 276 g/mol. The molecular formula is C13H21ClO2S. The summed E-state index contributed by atoms with van der Waals surface area (Å²) >= 11 is 0. The van der Waals surface area contributed by atoms with Gasteiger partial charge in [0.2, 0.25) is 9.05 Å². The second-order valence-corrected chi connectivity index (χ2v) is 9.95. The van der Waals surface area contributed by atoms with E-state index in [1.807, 2.05) is 0 Å². The van der Waals surface area contributed by atoms with Crippen molar-refractivity contribution in [3.8, 4) is 0 Å².